The number of aromatic nitrogens is 2. The first-order valence-electron chi connectivity index (χ1n) is 11.6. The molecule has 2 N–H and O–H groups in total. The second-order valence-electron chi connectivity index (χ2n) is 8.89. The third-order valence-corrected chi connectivity index (χ3v) is 6.98. The molecule has 2 atom stereocenters. The Morgan fingerprint density at radius 3 is 2.59 bits per heavy atom. The van der Waals surface area contributed by atoms with Gasteiger partial charge < -0.3 is 20.1 Å². The molecule has 1 saturated carbocycles. The molecule has 3 heterocycles. The zero-order valence-corrected chi connectivity index (χ0v) is 19.6. The number of nitrogens with zero attached hydrogens (tertiary/aromatic N) is 3. The van der Waals surface area contributed by atoms with Gasteiger partial charge in [0.2, 0.25) is 0 Å². The van der Waals surface area contributed by atoms with Crippen molar-refractivity contribution in [3.8, 4) is 0 Å². The van der Waals surface area contributed by atoms with Crippen LogP contribution in [0.1, 0.15) is 60.0 Å². The van der Waals surface area contributed by atoms with E-state index in [1.165, 1.54) is 29.8 Å². The predicted octanol–water partition coefficient (Wildman–Crippen LogP) is 5.31. The Bertz CT molecular complexity index is 1070. The molecule has 2 aromatic heterocycles. The van der Waals surface area contributed by atoms with E-state index in [-0.39, 0.29) is 12.1 Å². The maximum absolute atomic E-state index is 5.84. The Hall–Kier alpha value is -2.86. The third-order valence-electron chi connectivity index (χ3n) is 6.63. The first-order valence-corrected chi connectivity index (χ1v) is 12.0. The quantitative estimate of drug-likeness (QED) is 0.363. The van der Waals surface area contributed by atoms with E-state index in [0.29, 0.717) is 6.04 Å². The summed E-state index contributed by atoms with van der Waals surface area (Å²) in [5.41, 5.74) is 6.29. The number of rotatable bonds is 8. The van der Waals surface area contributed by atoms with Crippen molar-refractivity contribution in [1.82, 2.24) is 19.8 Å². The molecule has 1 aliphatic carbocycles. The van der Waals surface area contributed by atoms with Gasteiger partial charge in [-0.25, -0.2) is 0 Å². The van der Waals surface area contributed by atoms with E-state index >= 15 is 0 Å². The maximum Gasteiger partial charge on any atom is 0.170 e. The topological polar surface area (TPSA) is 45.1 Å². The summed E-state index contributed by atoms with van der Waals surface area (Å²) >= 11 is 5.84. The van der Waals surface area contributed by atoms with Crippen LogP contribution >= 0.6 is 12.2 Å². The minimum Gasteiger partial charge on any atom is -0.385 e. The van der Waals surface area contributed by atoms with E-state index < -0.39 is 0 Å². The smallest absolute Gasteiger partial charge is 0.170 e. The fourth-order valence-corrected chi connectivity index (χ4v) is 5.35. The monoisotopic (exact) mass is 445 g/mol. The summed E-state index contributed by atoms with van der Waals surface area (Å²) in [6, 6.07) is 19.8. The first kappa shape index (κ1) is 21.0. The van der Waals surface area contributed by atoms with Crippen molar-refractivity contribution < 1.29 is 0 Å². The number of thiocarbonyl (C=S) groups is 1. The summed E-state index contributed by atoms with van der Waals surface area (Å²) in [6.45, 7) is 6.31. The number of hydrogen-bond acceptors (Lipinski definition) is 3. The number of para-hydroxylation sites is 1. The average Bonchev–Trinajstić information content (AvgIpc) is 3.53. The minimum atomic E-state index is 0.0546. The largest absolute Gasteiger partial charge is 0.385 e. The van der Waals surface area contributed by atoms with Gasteiger partial charge in [0.1, 0.15) is 0 Å². The van der Waals surface area contributed by atoms with E-state index in [9.17, 15) is 0 Å². The molecular formula is C26H31N5S. The fraction of sp³-hybridized carbons (Fsp3) is 0.385. The average molecular weight is 446 g/mol. The summed E-state index contributed by atoms with van der Waals surface area (Å²) < 4.78 is 2.53. The zero-order valence-electron chi connectivity index (χ0n) is 18.8. The van der Waals surface area contributed by atoms with Gasteiger partial charge in [-0.15, -0.1) is 0 Å². The van der Waals surface area contributed by atoms with Gasteiger partial charge in [0.25, 0.3) is 0 Å². The molecule has 166 valence electrons. The Morgan fingerprint density at radius 2 is 1.88 bits per heavy atom. The first-order chi connectivity index (χ1) is 15.6. The van der Waals surface area contributed by atoms with E-state index in [1.54, 1.807) is 0 Å². The molecule has 6 heteroatoms. The van der Waals surface area contributed by atoms with Gasteiger partial charge in [0.15, 0.2) is 5.11 Å². The highest BCUT2D eigenvalue weighted by Crippen LogP contribution is 2.44. The van der Waals surface area contributed by atoms with Crippen LogP contribution in [0, 0.1) is 13.8 Å². The van der Waals surface area contributed by atoms with Gasteiger partial charge in [0, 0.05) is 42.4 Å². The van der Waals surface area contributed by atoms with Gasteiger partial charge >= 0.3 is 0 Å². The molecule has 0 unspecified atom stereocenters. The van der Waals surface area contributed by atoms with Crippen molar-refractivity contribution in [2.45, 2.75) is 51.2 Å². The van der Waals surface area contributed by atoms with Crippen LogP contribution in [0.15, 0.2) is 60.8 Å². The SMILES string of the molecule is Cc1cc([C@@H]2[C@H](c3ccccn3)NC(=S)N2CCCNc2ccccc2)c(C)n1C1CC1. The van der Waals surface area contributed by atoms with Gasteiger partial charge in [-0.1, -0.05) is 24.3 Å². The lowest BCUT2D eigenvalue weighted by atomic mass is 9.96. The van der Waals surface area contributed by atoms with Crippen LogP contribution in [0.25, 0.3) is 0 Å². The number of aryl methyl sites for hydroxylation is 1. The lowest BCUT2D eigenvalue weighted by molar-refractivity contribution is 0.315. The molecule has 3 aromatic rings. The lowest BCUT2D eigenvalue weighted by Gasteiger charge is -2.28. The van der Waals surface area contributed by atoms with Crippen LogP contribution in [-0.2, 0) is 0 Å². The van der Waals surface area contributed by atoms with E-state index in [0.717, 1.165) is 36.0 Å². The molecule has 1 aromatic carbocycles. The Labute approximate surface area is 195 Å². The fourth-order valence-electron chi connectivity index (χ4n) is 5.02. The van der Waals surface area contributed by atoms with E-state index in [2.05, 4.69) is 81.4 Å². The molecule has 0 radical (unpaired) electrons. The molecule has 1 aliphatic heterocycles. The van der Waals surface area contributed by atoms with Crippen molar-refractivity contribution in [2.24, 2.45) is 0 Å². The van der Waals surface area contributed by atoms with Crippen LogP contribution in [-0.4, -0.2) is 32.7 Å². The minimum absolute atomic E-state index is 0.0546. The normalized spacial score (nSPS) is 20.4. The van der Waals surface area contributed by atoms with Crippen LogP contribution in [0.2, 0.25) is 0 Å². The summed E-state index contributed by atoms with van der Waals surface area (Å²) in [4.78, 5) is 7.06. The van der Waals surface area contributed by atoms with Crippen LogP contribution in [0.5, 0.6) is 0 Å². The van der Waals surface area contributed by atoms with Crippen molar-refractivity contribution in [1.29, 1.82) is 0 Å². The standard InChI is InChI=1S/C26H31N5S/c1-18-17-22(19(2)31(18)21-12-13-21)25-24(23-11-6-7-14-28-23)29-26(32)30(25)16-8-15-27-20-9-4-3-5-10-20/h3-7,9-11,14,17,21,24-25,27H,8,12-13,15-16H2,1-2H3,(H,29,32)/t24-,25+/m0/s1. The number of nitrogens with one attached hydrogen (secondary N) is 2. The van der Waals surface area contributed by atoms with Gasteiger partial charge in [-0.3, -0.25) is 4.98 Å². The molecule has 0 spiro atoms. The maximum atomic E-state index is 5.84. The van der Waals surface area contributed by atoms with E-state index in [4.69, 9.17) is 12.2 Å². The second kappa shape index (κ2) is 8.94. The van der Waals surface area contributed by atoms with Crippen molar-refractivity contribution >= 4 is 23.0 Å². The van der Waals surface area contributed by atoms with Crippen LogP contribution < -0.4 is 10.6 Å². The van der Waals surface area contributed by atoms with Crippen molar-refractivity contribution in [3.05, 3.63) is 83.4 Å². The molecule has 1 saturated heterocycles. The Morgan fingerprint density at radius 1 is 1.09 bits per heavy atom. The summed E-state index contributed by atoms with van der Waals surface area (Å²) in [7, 11) is 0. The van der Waals surface area contributed by atoms with Crippen molar-refractivity contribution in [2.75, 3.05) is 18.4 Å². The second-order valence-corrected chi connectivity index (χ2v) is 9.28. The number of anilines is 1. The Kier molecular flexibility index (Phi) is 5.87. The number of pyridine rings is 1. The van der Waals surface area contributed by atoms with Gasteiger partial charge in [-0.2, -0.15) is 0 Å². The third kappa shape index (κ3) is 4.11. The summed E-state index contributed by atoms with van der Waals surface area (Å²) in [5.74, 6) is 0. The molecule has 0 amide bonds. The van der Waals surface area contributed by atoms with Gasteiger partial charge in [0.05, 0.1) is 17.8 Å². The molecule has 2 fully saturated rings. The molecule has 5 nitrogen and oxygen atoms in total. The highest BCUT2D eigenvalue weighted by atomic mass is 32.1. The van der Waals surface area contributed by atoms with E-state index in [1.807, 2.05) is 18.3 Å². The predicted molar refractivity (Wildman–Crippen MR) is 134 cm³/mol. The highest BCUT2D eigenvalue weighted by Gasteiger charge is 2.41. The molecule has 2 aliphatic rings. The highest BCUT2D eigenvalue weighted by molar-refractivity contribution is 7.80. The molecular weight excluding hydrogens is 414 g/mol. The summed E-state index contributed by atoms with van der Waals surface area (Å²) in [5, 5.41) is 7.94. The molecule has 32 heavy (non-hydrogen) atoms. The van der Waals surface area contributed by atoms with Crippen LogP contribution in [0.3, 0.4) is 0 Å². The number of benzene rings is 1. The summed E-state index contributed by atoms with van der Waals surface area (Å²) in [6.07, 6.45) is 5.45. The van der Waals surface area contributed by atoms with Crippen molar-refractivity contribution in [3.63, 3.8) is 0 Å². The molecule has 5 rings (SSSR count). The number of hydrogen-bond donors (Lipinski definition) is 2. The van der Waals surface area contributed by atoms with Gasteiger partial charge in [-0.05, 0) is 81.2 Å². The molecule has 0 bridgehead atoms. The Balaban J connectivity index is 1.40. The van der Waals surface area contributed by atoms with Crippen LogP contribution in [0.4, 0.5) is 5.69 Å². The lowest BCUT2D eigenvalue weighted by Crippen LogP contribution is -2.31. The zero-order chi connectivity index (χ0) is 22.1.